The molecule has 22 heteroatoms. The monoisotopic (exact) mass is 641 g/mol. The van der Waals surface area contributed by atoms with Gasteiger partial charge >= 0.3 is 35.3 Å². The minimum atomic E-state index is -5.71. The molecule has 6 N–H and O–H groups in total. The summed E-state index contributed by atoms with van der Waals surface area (Å²) < 4.78 is 58.6. The van der Waals surface area contributed by atoms with E-state index in [9.17, 15) is 37.9 Å². The summed E-state index contributed by atoms with van der Waals surface area (Å²) in [7, 11) is -16.7. The molecule has 0 aromatic carbocycles. The third-order valence-electron chi connectivity index (χ3n) is 4.56. The maximum Gasteiger partial charge on any atom is 0.490 e. The molecule has 1 saturated heterocycles. The maximum atomic E-state index is 12.3. The Kier molecular flexibility index (Phi) is 11.4. The standard InChI is InChI=1S/C17H30N3O15P3S/c1-10-8-20(15(22)19-14(10)21)13-7-12(39-6-5-18-16(23)33-17(2,3)4)11(32-13)9-31-37(27,28)35-38(29,30)34-36(24,25)26/h8,11-13H,5-7,9H2,1-4H3,(H,18,23)(H,27,28)(H,29,30)(H,19,21,22)(H2,24,25,26)/t11-,12+,13-/m1/s1. The summed E-state index contributed by atoms with van der Waals surface area (Å²) in [6.07, 6.45) is -1.25. The Morgan fingerprint density at radius 3 is 2.41 bits per heavy atom. The zero-order valence-corrected chi connectivity index (χ0v) is 24.6. The van der Waals surface area contributed by atoms with Crippen molar-refractivity contribution in [1.82, 2.24) is 14.9 Å². The van der Waals surface area contributed by atoms with Crippen molar-refractivity contribution in [3.63, 3.8) is 0 Å². The minimum absolute atomic E-state index is 0.132. The van der Waals surface area contributed by atoms with Crippen molar-refractivity contribution in [2.75, 3.05) is 18.9 Å². The molecule has 2 unspecified atom stereocenters. The van der Waals surface area contributed by atoms with Crippen LogP contribution in [0.3, 0.4) is 0 Å². The van der Waals surface area contributed by atoms with E-state index < -0.39 is 70.6 Å². The predicted octanol–water partition coefficient (Wildman–Crippen LogP) is 1.10. The van der Waals surface area contributed by atoms with E-state index in [-0.39, 0.29) is 18.5 Å². The lowest BCUT2D eigenvalue weighted by atomic mass is 10.2. The molecule has 0 bridgehead atoms. The van der Waals surface area contributed by atoms with Crippen LogP contribution >= 0.6 is 35.2 Å². The van der Waals surface area contributed by atoms with E-state index >= 15 is 0 Å². The Morgan fingerprint density at radius 1 is 1.18 bits per heavy atom. The van der Waals surface area contributed by atoms with Gasteiger partial charge in [0.25, 0.3) is 5.56 Å². The number of nitrogens with one attached hydrogen (secondary N) is 2. The molecule has 1 aliphatic heterocycles. The Labute approximate surface area is 225 Å². The topological polar surface area (TPSA) is 262 Å². The van der Waals surface area contributed by atoms with Crippen molar-refractivity contribution in [1.29, 1.82) is 0 Å². The molecule has 0 radical (unpaired) electrons. The number of rotatable bonds is 12. The van der Waals surface area contributed by atoms with Crippen molar-refractivity contribution >= 4 is 41.3 Å². The molecule has 224 valence electrons. The second kappa shape index (κ2) is 13.1. The number of amides is 1. The molecule has 0 saturated carbocycles. The summed E-state index contributed by atoms with van der Waals surface area (Å²) >= 11 is 1.23. The van der Waals surface area contributed by atoms with Crippen molar-refractivity contribution in [3.8, 4) is 0 Å². The summed E-state index contributed by atoms with van der Waals surface area (Å²) in [5.74, 6) is 0.297. The average Bonchev–Trinajstić information content (AvgIpc) is 3.11. The number of aromatic nitrogens is 2. The van der Waals surface area contributed by atoms with Crippen LogP contribution in [0.2, 0.25) is 0 Å². The Balaban J connectivity index is 2.11. The van der Waals surface area contributed by atoms with Crippen molar-refractivity contribution in [2.24, 2.45) is 0 Å². The average molecular weight is 641 g/mol. The van der Waals surface area contributed by atoms with Crippen LogP contribution in [0.25, 0.3) is 0 Å². The minimum Gasteiger partial charge on any atom is -0.444 e. The van der Waals surface area contributed by atoms with Crippen LogP contribution in [-0.2, 0) is 36.3 Å². The van der Waals surface area contributed by atoms with Gasteiger partial charge < -0.3 is 34.4 Å². The summed E-state index contributed by atoms with van der Waals surface area (Å²) in [5, 5.41) is 2.01. The highest BCUT2D eigenvalue weighted by atomic mass is 32.2. The number of thioether (sulfide) groups is 1. The first-order valence-corrected chi connectivity index (χ1v) is 16.6. The first-order chi connectivity index (χ1) is 17.7. The second-order valence-electron chi connectivity index (χ2n) is 9.07. The van der Waals surface area contributed by atoms with Crippen LogP contribution in [0.15, 0.2) is 15.8 Å². The van der Waals surface area contributed by atoms with E-state index in [1.807, 2.05) is 0 Å². The largest absolute Gasteiger partial charge is 0.490 e. The number of alkyl carbamates (subject to hydrolysis) is 1. The van der Waals surface area contributed by atoms with E-state index in [2.05, 4.69) is 18.9 Å². The molecular formula is C17H30N3O15P3S. The van der Waals surface area contributed by atoms with Gasteiger partial charge in [0.05, 0.1) is 12.7 Å². The van der Waals surface area contributed by atoms with E-state index in [0.29, 0.717) is 5.75 Å². The van der Waals surface area contributed by atoms with Crippen molar-refractivity contribution in [2.45, 2.75) is 57.3 Å². The van der Waals surface area contributed by atoms with Crippen LogP contribution < -0.4 is 16.6 Å². The number of aryl methyl sites for hydroxylation is 1. The molecule has 2 rings (SSSR count). The van der Waals surface area contributed by atoms with Gasteiger partial charge in [0.2, 0.25) is 0 Å². The first kappa shape index (κ1) is 33.9. The van der Waals surface area contributed by atoms with Gasteiger partial charge in [-0.1, -0.05) is 0 Å². The van der Waals surface area contributed by atoms with Gasteiger partial charge in [-0.25, -0.2) is 23.3 Å². The number of H-pyrrole nitrogens is 1. The summed E-state index contributed by atoms with van der Waals surface area (Å²) in [4.78, 5) is 74.4. The molecular weight excluding hydrogens is 611 g/mol. The summed E-state index contributed by atoms with van der Waals surface area (Å²) in [6, 6.07) is 0. The molecule has 1 aliphatic rings. The molecule has 2 heterocycles. The fourth-order valence-electron chi connectivity index (χ4n) is 3.15. The summed E-state index contributed by atoms with van der Waals surface area (Å²) in [6.45, 7) is 5.96. The number of nitrogens with zero attached hydrogens (tertiary/aromatic N) is 1. The van der Waals surface area contributed by atoms with Crippen LogP contribution in [0.5, 0.6) is 0 Å². The number of aromatic amines is 1. The number of carbonyl (C=O) groups excluding carboxylic acids is 1. The highest BCUT2D eigenvalue weighted by Crippen LogP contribution is 2.66. The Hall–Kier alpha value is -1.33. The van der Waals surface area contributed by atoms with Crippen LogP contribution in [0.4, 0.5) is 4.79 Å². The second-order valence-corrected chi connectivity index (χ2v) is 14.8. The Morgan fingerprint density at radius 2 is 1.82 bits per heavy atom. The fraction of sp³-hybridized carbons (Fsp3) is 0.706. The maximum absolute atomic E-state index is 12.3. The number of carbonyl (C=O) groups is 1. The Bertz CT molecular complexity index is 1290. The van der Waals surface area contributed by atoms with Crippen molar-refractivity contribution in [3.05, 3.63) is 32.6 Å². The molecule has 18 nitrogen and oxygen atoms in total. The van der Waals surface area contributed by atoms with E-state index in [1.165, 1.54) is 24.9 Å². The summed E-state index contributed by atoms with van der Waals surface area (Å²) in [5.41, 5.74) is -1.87. The van der Waals surface area contributed by atoms with Gasteiger partial charge in [-0.3, -0.25) is 18.9 Å². The van der Waals surface area contributed by atoms with Gasteiger partial charge in [0.1, 0.15) is 11.8 Å². The van der Waals surface area contributed by atoms with Crippen LogP contribution in [0, 0.1) is 6.92 Å². The molecule has 0 aliphatic carbocycles. The smallest absolute Gasteiger partial charge is 0.444 e. The zero-order valence-electron chi connectivity index (χ0n) is 21.1. The van der Waals surface area contributed by atoms with Gasteiger partial charge in [0, 0.05) is 35.7 Å². The van der Waals surface area contributed by atoms with Gasteiger partial charge in [-0.05, 0) is 27.7 Å². The molecule has 1 aromatic heterocycles. The SMILES string of the molecule is Cc1cn([C@H]2C[C@H](SCCNC(=O)OC(C)(C)C)[C@@H](COP(=O)(O)OP(=O)(O)OP(=O)(O)O)O2)c(=O)[nH]c1=O. The molecule has 0 spiro atoms. The highest BCUT2D eigenvalue weighted by Gasteiger charge is 2.43. The van der Waals surface area contributed by atoms with E-state index in [1.54, 1.807) is 20.8 Å². The van der Waals surface area contributed by atoms with Gasteiger partial charge in [-0.15, -0.1) is 0 Å². The van der Waals surface area contributed by atoms with Crippen molar-refractivity contribution < 1.29 is 60.7 Å². The normalized spacial score (nSPS) is 23.1. The molecule has 1 fully saturated rings. The lowest BCUT2D eigenvalue weighted by molar-refractivity contribution is -0.0235. The van der Waals surface area contributed by atoms with Crippen LogP contribution in [-0.4, -0.2) is 71.1 Å². The third kappa shape index (κ3) is 12.0. The number of ether oxygens (including phenoxy) is 2. The molecule has 5 atom stereocenters. The van der Waals surface area contributed by atoms with Gasteiger partial charge in [0.15, 0.2) is 0 Å². The third-order valence-corrected chi connectivity index (χ3v) is 9.72. The lowest BCUT2D eigenvalue weighted by Gasteiger charge is -2.21. The first-order valence-electron chi connectivity index (χ1n) is 11.0. The number of hydrogen-bond acceptors (Lipinski definition) is 12. The molecule has 1 aromatic rings. The number of hydrogen-bond donors (Lipinski definition) is 6. The predicted molar refractivity (Wildman–Crippen MR) is 135 cm³/mol. The van der Waals surface area contributed by atoms with E-state index in [4.69, 9.17) is 23.8 Å². The van der Waals surface area contributed by atoms with Crippen LogP contribution in [0.1, 0.15) is 39.0 Å². The molecule has 39 heavy (non-hydrogen) atoms. The zero-order chi connectivity index (χ0) is 29.8. The number of phosphoric ester groups is 1. The molecule has 1 amide bonds. The highest BCUT2D eigenvalue weighted by molar-refractivity contribution is 8.00. The fourth-order valence-corrected chi connectivity index (χ4v) is 7.36. The van der Waals surface area contributed by atoms with Gasteiger partial charge in [-0.2, -0.15) is 20.4 Å². The lowest BCUT2D eigenvalue weighted by Crippen LogP contribution is -2.34. The van der Waals surface area contributed by atoms with E-state index in [0.717, 1.165) is 4.57 Å². The quantitative estimate of drug-likeness (QED) is 0.138. The number of phosphoric acid groups is 3.